The summed E-state index contributed by atoms with van der Waals surface area (Å²) in [5.41, 5.74) is 3.50. The molecule has 2 aromatic carbocycles. The molecule has 24 heavy (non-hydrogen) atoms. The summed E-state index contributed by atoms with van der Waals surface area (Å²) < 4.78 is 5.16. The maximum Gasteiger partial charge on any atom is 0.191 e. The first-order chi connectivity index (χ1) is 11.2. The molecule has 0 amide bonds. The van der Waals surface area contributed by atoms with Gasteiger partial charge in [-0.3, -0.25) is 4.99 Å². The fraction of sp³-hybridized carbons (Fsp3) is 0.278. The highest BCUT2D eigenvalue weighted by molar-refractivity contribution is 14.0. The number of nitrogens with zero attached hydrogens (tertiary/aromatic N) is 1. The first-order valence-corrected chi connectivity index (χ1v) is 7.85. The van der Waals surface area contributed by atoms with E-state index in [0.29, 0.717) is 19.7 Å². The summed E-state index contributed by atoms with van der Waals surface area (Å²) in [6.07, 6.45) is 0. The van der Waals surface area contributed by atoms with Crippen molar-refractivity contribution < 1.29 is 4.74 Å². The Hall–Kier alpha value is -1.31. The fourth-order valence-electron chi connectivity index (χ4n) is 2.19. The van der Waals surface area contributed by atoms with Crippen LogP contribution in [-0.4, -0.2) is 20.1 Å². The Morgan fingerprint density at radius 3 is 2.25 bits per heavy atom. The Bertz CT molecular complexity index is 647. The minimum atomic E-state index is 0. The summed E-state index contributed by atoms with van der Waals surface area (Å²) in [7, 11) is 3.46. The summed E-state index contributed by atoms with van der Waals surface area (Å²) in [4.78, 5) is 4.24. The zero-order valence-corrected chi connectivity index (χ0v) is 17.0. The van der Waals surface area contributed by atoms with Crippen molar-refractivity contribution in [2.75, 3.05) is 14.2 Å². The van der Waals surface area contributed by atoms with Gasteiger partial charge < -0.3 is 15.4 Å². The molecule has 0 aromatic heterocycles. The number of halogens is 2. The zero-order chi connectivity index (χ0) is 16.5. The number of hydrogen-bond donors (Lipinski definition) is 2. The molecule has 2 N–H and O–H groups in total. The number of methoxy groups -OCH3 is 1. The molecule has 0 bridgehead atoms. The first-order valence-electron chi connectivity index (χ1n) is 7.47. The number of rotatable bonds is 6. The van der Waals surface area contributed by atoms with E-state index in [1.54, 1.807) is 14.2 Å². The minimum absolute atomic E-state index is 0. The highest BCUT2D eigenvalue weighted by atomic mass is 127. The van der Waals surface area contributed by atoms with Crippen molar-refractivity contribution in [1.29, 1.82) is 0 Å². The lowest BCUT2D eigenvalue weighted by Gasteiger charge is -2.12. The Balaban J connectivity index is 0.00000288. The Kier molecular flexibility index (Phi) is 9.75. The standard InChI is InChI=1S/C18H22ClN3O.HI/c1-20-18(21-11-14-6-8-17(19)9-7-14)22-12-15-4-3-5-16(10-15)13-23-2;/h3-10H,11-13H2,1-2H3,(H2,20,21,22);1H. The van der Waals surface area contributed by atoms with Crippen LogP contribution in [0.15, 0.2) is 53.5 Å². The minimum Gasteiger partial charge on any atom is -0.380 e. The van der Waals surface area contributed by atoms with Crippen molar-refractivity contribution in [1.82, 2.24) is 10.6 Å². The highest BCUT2D eigenvalue weighted by Crippen LogP contribution is 2.09. The Labute approximate surface area is 165 Å². The zero-order valence-electron chi connectivity index (χ0n) is 13.9. The third kappa shape index (κ3) is 7.07. The van der Waals surface area contributed by atoms with E-state index in [4.69, 9.17) is 16.3 Å². The molecule has 0 unspecified atom stereocenters. The van der Waals surface area contributed by atoms with E-state index in [9.17, 15) is 0 Å². The second-order valence-electron chi connectivity index (χ2n) is 5.16. The molecule has 2 aromatic rings. The number of nitrogens with one attached hydrogen (secondary N) is 2. The molecule has 130 valence electrons. The summed E-state index contributed by atoms with van der Waals surface area (Å²) in [6.45, 7) is 2.02. The molecule has 0 heterocycles. The van der Waals surface area contributed by atoms with E-state index in [2.05, 4.69) is 33.8 Å². The second-order valence-corrected chi connectivity index (χ2v) is 5.60. The fourth-order valence-corrected chi connectivity index (χ4v) is 2.32. The van der Waals surface area contributed by atoms with Crippen molar-refractivity contribution in [3.8, 4) is 0 Å². The van der Waals surface area contributed by atoms with Gasteiger partial charge in [0.15, 0.2) is 5.96 Å². The lowest BCUT2D eigenvalue weighted by atomic mass is 10.1. The van der Waals surface area contributed by atoms with Crippen LogP contribution in [0.5, 0.6) is 0 Å². The number of guanidine groups is 1. The summed E-state index contributed by atoms with van der Waals surface area (Å²) in [5, 5.41) is 7.34. The second kappa shape index (κ2) is 11.3. The average Bonchev–Trinajstić information content (AvgIpc) is 2.57. The molecule has 0 aliphatic rings. The van der Waals surface area contributed by atoms with Crippen LogP contribution in [0.2, 0.25) is 5.02 Å². The lowest BCUT2D eigenvalue weighted by Crippen LogP contribution is -2.36. The molecule has 0 aliphatic heterocycles. The van der Waals surface area contributed by atoms with Crippen LogP contribution in [0.1, 0.15) is 16.7 Å². The highest BCUT2D eigenvalue weighted by Gasteiger charge is 2.00. The van der Waals surface area contributed by atoms with Crippen LogP contribution in [0.25, 0.3) is 0 Å². The van der Waals surface area contributed by atoms with Gasteiger partial charge in [0.25, 0.3) is 0 Å². The van der Waals surface area contributed by atoms with Crippen LogP contribution in [0.3, 0.4) is 0 Å². The van der Waals surface area contributed by atoms with Gasteiger partial charge >= 0.3 is 0 Å². The van der Waals surface area contributed by atoms with Gasteiger partial charge in [-0.15, -0.1) is 24.0 Å². The lowest BCUT2D eigenvalue weighted by molar-refractivity contribution is 0.185. The van der Waals surface area contributed by atoms with Crippen molar-refractivity contribution in [3.05, 3.63) is 70.2 Å². The Morgan fingerprint density at radius 2 is 1.62 bits per heavy atom. The third-order valence-electron chi connectivity index (χ3n) is 3.36. The van der Waals surface area contributed by atoms with E-state index in [0.717, 1.165) is 22.1 Å². The normalized spacial score (nSPS) is 10.9. The van der Waals surface area contributed by atoms with Crippen molar-refractivity contribution in [2.24, 2.45) is 4.99 Å². The molecule has 0 saturated heterocycles. The van der Waals surface area contributed by atoms with Crippen molar-refractivity contribution in [3.63, 3.8) is 0 Å². The molecular weight excluding hydrogens is 437 g/mol. The van der Waals surface area contributed by atoms with Gasteiger partial charge in [-0.25, -0.2) is 0 Å². The quantitative estimate of drug-likeness (QED) is 0.390. The molecule has 0 fully saturated rings. The van der Waals surface area contributed by atoms with E-state index < -0.39 is 0 Å². The van der Waals surface area contributed by atoms with E-state index in [-0.39, 0.29) is 24.0 Å². The molecule has 2 rings (SSSR count). The van der Waals surface area contributed by atoms with Crippen molar-refractivity contribution >= 4 is 41.5 Å². The van der Waals surface area contributed by atoms with Gasteiger partial charge in [-0.05, 0) is 28.8 Å². The van der Waals surface area contributed by atoms with Gasteiger partial charge in [-0.1, -0.05) is 48.0 Å². The maximum atomic E-state index is 5.89. The SMILES string of the molecule is CN=C(NCc1ccc(Cl)cc1)NCc1cccc(COC)c1.I. The average molecular weight is 460 g/mol. The number of hydrogen-bond acceptors (Lipinski definition) is 2. The predicted octanol–water partition coefficient (Wildman–Crippen LogP) is 3.97. The molecule has 4 nitrogen and oxygen atoms in total. The molecular formula is C18H23ClIN3O. The predicted molar refractivity (Wildman–Crippen MR) is 111 cm³/mol. The van der Waals surface area contributed by atoms with Gasteiger partial charge in [0.2, 0.25) is 0 Å². The summed E-state index contributed by atoms with van der Waals surface area (Å²) >= 11 is 5.89. The molecule has 6 heteroatoms. The van der Waals surface area contributed by atoms with Gasteiger partial charge in [0, 0.05) is 32.3 Å². The van der Waals surface area contributed by atoms with E-state index in [1.807, 2.05) is 30.3 Å². The first kappa shape index (κ1) is 20.7. The van der Waals surface area contributed by atoms with Gasteiger partial charge in [0.05, 0.1) is 6.61 Å². The number of aliphatic imine (C=N–C) groups is 1. The van der Waals surface area contributed by atoms with Crippen LogP contribution in [0, 0.1) is 0 Å². The van der Waals surface area contributed by atoms with E-state index >= 15 is 0 Å². The topological polar surface area (TPSA) is 45.7 Å². The van der Waals surface area contributed by atoms with Crippen LogP contribution < -0.4 is 10.6 Å². The number of ether oxygens (including phenoxy) is 1. The van der Waals surface area contributed by atoms with Gasteiger partial charge in [-0.2, -0.15) is 0 Å². The molecule has 0 spiro atoms. The van der Waals surface area contributed by atoms with Crippen LogP contribution >= 0.6 is 35.6 Å². The largest absolute Gasteiger partial charge is 0.380 e. The molecule has 0 radical (unpaired) electrons. The third-order valence-corrected chi connectivity index (χ3v) is 3.61. The summed E-state index contributed by atoms with van der Waals surface area (Å²) in [5.74, 6) is 0.761. The molecule has 0 saturated carbocycles. The van der Waals surface area contributed by atoms with E-state index in [1.165, 1.54) is 5.56 Å². The Morgan fingerprint density at radius 1 is 1.00 bits per heavy atom. The molecule has 0 aliphatic carbocycles. The monoisotopic (exact) mass is 459 g/mol. The smallest absolute Gasteiger partial charge is 0.191 e. The maximum absolute atomic E-state index is 5.89. The van der Waals surface area contributed by atoms with Gasteiger partial charge in [0.1, 0.15) is 0 Å². The summed E-state index contributed by atoms with van der Waals surface area (Å²) in [6, 6.07) is 16.1. The van der Waals surface area contributed by atoms with Crippen molar-refractivity contribution in [2.45, 2.75) is 19.7 Å². The molecule has 0 atom stereocenters. The number of benzene rings is 2. The van der Waals surface area contributed by atoms with Crippen LogP contribution in [0.4, 0.5) is 0 Å². The van der Waals surface area contributed by atoms with Crippen LogP contribution in [-0.2, 0) is 24.4 Å².